The first kappa shape index (κ1) is 17.8. The fourth-order valence-corrected chi connectivity index (χ4v) is 6.46. The molecule has 2 aromatic carbocycles. The van der Waals surface area contributed by atoms with Gasteiger partial charge in [0.25, 0.3) is 0 Å². The van der Waals surface area contributed by atoms with E-state index in [0.29, 0.717) is 11.3 Å². The smallest absolute Gasteiger partial charge is 0.343 e. The normalized spacial score (nSPS) is 30.3. The Morgan fingerprint density at radius 3 is 2.11 bits per heavy atom. The van der Waals surface area contributed by atoms with Gasteiger partial charge in [-0.2, -0.15) is 0 Å². The van der Waals surface area contributed by atoms with Gasteiger partial charge < -0.3 is 9.47 Å². The van der Waals surface area contributed by atoms with Crippen LogP contribution in [0.3, 0.4) is 0 Å². The molecule has 4 fully saturated rings. The van der Waals surface area contributed by atoms with Gasteiger partial charge in [-0.05, 0) is 98.9 Å². The number of esters is 1. The molecule has 0 N–H and O–H groups in total. The SMILES string of the molecule is COc1ccc(C(=O)Oc2ccc(C)cc2)cc1C12CC3CC(CC(C3)C1)C2. The number of carbonyl (C=O) groups excluding carboxylic acids is 1. The Kier molecular flexibility index (Phi) is 4.22. The molecule has 2 aromatic rings. The van der Waals surface area contributed by atoms with E-state index in [4.69, 9.17) is 9.47 Å². The predicted octanol–water partition coefficient (Wildman–Crippen LogP) is 5.69. The van der Waals surface area contributed by atoms with Crippen LogP contribution in [0.15, 0.2) is 42.5 Å². The molecule has 4 saturated carbocycles. The summed E-state index contributed by atoms with van der Waals surface area (Å²) in [6, 6.07) is 13.4. The van der Waals surface area contributed by atoms with E-state index in [1.165, 1.54) is 44.1 Å². The van der Waals surface area contributed by atoms with Crippen molar-refractivity contribution in [1.82, 2.24) is 0 Å². The van der Waals surface area contributed by atoms with Crippen LogP contribution in [0, 0.1) is 24.7 Å². The number of hydrogen-bond acceptors (Lipinski definition) is 3. The van der Waals surface area contributed by atoms with Crippen LogP contribution < -0.4 is 9.47 Å². The second-order valence-corrected chi connectivity index (χ2v) is 9.32. The summed E-state index contributed by atoms with van der Waals surface area (Å²) in [7, 11) is 1.74. The number of hydrogen-bond donors (Lipinski definition) is 0. The van der Waals surface area contributed by atoms with Gasteiger partial charge in [-0.3, -0.25) is 0 Å². The standard InChI is InChI=1S/C25H28O3/c1-16-3-6-21(7-4-16)28-24(26)20-5-8-23(27-2)22(12-20)25-13-17-9-18(14-25)11-19(10-17)15-25/h3-8,12,17-19H,9-11,13-15H2,1-2H3. The fourth-order valence-electron chi connectivity index (χ4n) is 6.46. The summed E-state index contributed by atoms with van der Waals surface area (Å²) in [5.74, 6) is 3.76. The number of ether oxygens (including phenoxy) is 2. The Labute approximate surface area is 167 Å². The van der Waals surface area contributed by atoms with Gasteiger partial charge in [-0.25, -0.2) is 4.79 Å². The van der Waals surface area contributed by atoms with Gasteiger partial charge in [0.05, 0.1) is 12.7 Å². The molecule has 0 aliphatic heterocycles. The number of aryl methyl sites for hydroxylation is 1. The first-order chi connectivity index (χ1) is 13.5. The summed E-state index contributed by atoms with van der Waals surface area (Å²) in [4.78, 5) is 12.8. The summed E-state index contributed by atoms with van der Waals surface area (Å²) in [6.45, 7) is 2.02. The van der Waals surface area contributed by atoms with Crippen molar-refractivity contribution in [1.29, 1.82) is 0 Å². The molecule has 3 nitrogen and oxygen atoms in total. The molecule has 6 rings (SSSR count). The number of benzene rings is 2. The highest BCUT2D eigenvalue weighted by atomic mass is 16.5. The first-order valence-corrected chi connectivity index (χ1v) is 10.5. The van der Waals surface area contributed by atoms with Crippen LogP contribution in [0.2, 0.25) is 0 Å². The van der Waals surface area contributed by atoms with Crippen molar-refractivity contribution in [2.24, 2.45) is 17.8 Å². The van der Waals surface area contributed by atoms with Crippen LogP contribution in [-0.2, 0) is 5.41 Å². The Bertz CT molecular complexity index is 861. The van der Waals surface area contributed by atoms with E-state index in [0.717, 1.165) is 29.1 Å². The van der Waals surface area contributed by atoms with Crippen molar-refractivity contribution in [3.05, 3.63) is 59.2 Å². The van der Waals surface area contributed by atoms with Gasteiger partial charge in [0.1, 0.15) is 11.5 Å². The summed E-state index contributed by atoms with van der Waals surface area (Å²) < 4.78 is 11.4. The highest BCUT2D eigenvalue weighted by Crippen LogP contribution is 2.61. The van der Waals surface area contributed by atoms with E-state index >= 15 is 0 Å². The lowest BCUT2D eigenvalue weighted by atomic mass is 9.48. The molecule has 0 atom stereocenters. The van der Waals surface area contributed by atoms with Crippen molar-refractivity contribution in [2.75, 3.05) is 7.11 Å². The molecule has 0 heterocycles. The van der Waals surface area contributed by atoms with E-state index in [-0.39, 0.29) is 11.4 Å². The van der Waals surface area contributed by atoms with Gasteiger partial charge in [0.2, 0.25) is 0 Å². The number of carbonyl (C=O) groups is 1. The van der Waals surface area contributed by atoms with Crippen LogP contribution in [0.4, 0.5) is 0 Å². The maximum atomic E-state index is 12.8. The first-order valence-electron chi connectivity index (χ1n) is 10.5. The third kappa shape index (κ3) is 3.01. The maximum Gasteiger partial charge on any atom is 0.343 e. The molecule has 0 radical (unpaired) electrons. The summed E-state index contributed by atoms with van der Waals surface area (Å²) in [6.07, 6.45) is 7.92. The summed E-state index contributed by atoms with van der Waals surface area (Å²) in [5.41, 5.74) is 3.17. The van der Waals surface area contributed by atoms with Gasteiger partial charge in [0.15, 0.2) is 0 Å². The fraction of sp³-hybridized carbons (Fsp3) is 0.480. The van der Waals surface area contributed by atoms with Crippen molar-refractivity contribution in [2.45, 2.75) is 50.9 Å². The Hall–Kier alpha value is -2.29. The molecular formula is C25H28O3. The van der Waals surface area contributed by atoms with Crippen LogP contribution in [-0.4, -0.2) is 13.1 Å². The summed E-state index contributed by atoms with van der Waals surface area (Å²) in [5, 5.41) is 0. The lowest BCUT2D eigenvalue weighted by Gasteiger charge is -2.57. The topological polar surface area (TPSA) is 35.5 Å². The minimum atomic E-state index is -0.294. The van der Waals surface area contributed by atoms with E-state index in [9.17, 15) is 4.79 Å². The van der Waals surface area contributed by atoms with Crippen molar-refractivity contribution >= 4 is 5.97 Å². The highest BCUT2D eigenvalue weighted by molar-refractivity contribution is 5.91. The molecular weight excluding hydrogens is 348 g/mol. The third-order valence-electron chi connectivity index (χ3n) is 7.28. The van der Waals surface area contributed by atoms with E-state index in [1.54, 1.807) is 7.11 Å². The van der Waals surface area contributed by atoms with Crippen molar-refractivity contribution < 1.29 is 14.3 Å². The summed E-state index contributed by atoms with van der Waals surface area (Å²) >= 11 is 0. The largest absolute Gasteiger partial charge is 0.496 e. The number of rotatable bonds is 4. The molecule has 0 amide bonds. The quantitative estimate of drug-likeness (QED) is 0.508. The molecule has 0 saturated heterocycles. The molecule has 0 spiro atoms. The second kappa shape index (κ2) is 6.65. The zero-order valence-corrected chi connectivity index (χ0v) is 16.7. The Balaban J connectivity index is 1.47. The van der Waals surface area contributed by atoms with Crippen molar-refractivity contribution in [3.63, 3.8) is 0 Å². The molecule has 4 aliphatic carbocycles. The molecule has 0 aromatic heterocycles. The monoisotopic (exact) mass is 376 g/mol. The Morgan fingerprint density at radius 1 is 0.929 bits per heavy atom. The molecule has 0 unspecified atom stereocenters. The minimum Gasteiger partial charge on any atom is -0.496 e. The van der Waals surface area contributed by atoms with Crippen molar-refractivity contribution in [3.8, 4) is 11.5 Å². The van der Waals surface area contributed by atoms with Crippen LogP contribution in [0.25, 0.3) is 0 Å². The van der Waals surface area contributed by atoms with Crippen LogP contribution in [0.5, 0.6) is 11.5 Å². The maximum absolute atomic E-state index is 12.8. The lowest BCUT2D eigenvalue weighted by molar-refractivity contribution is -0.00618. The highest BCUT2D eigenvalue weighted by Gasteiger charge is 2.52. The van der Waals surface area contributed by atoms with Gasteiger partial charge >= 0.3 is 5.97 Å². The van der Waals surface area contributed by atoms with Gasteiger partial charge in [0, 0.05) is 5.56 Å². The second-order valence-electron chi connectivity index (χ2n) is 9.32. The molecule has 4 bridgehead atoms. The zero-order chi connectivity index (χ0) is 19.3. The van der Waals surface area contributed by atoms with E-state index in [1.807, 2.05) is 43.3 Å². The average molecular weight is 376 g/mol. The van der Waals surface area contributed by atoms with Crippen LogP contribution in [0.1, 0.15) is 60.0 Å². The Morgan fingerprint density at radius 2 is 1.54 bits per heavy atom. The van der Waals surface area contributed by atoms with Gasteiger partial charge in [-0.15, -0.1) is 0 Å². The predicted molar refractivity (Wildman–Crippen MR) is 109 cm³/mol. The van der Waals surface area contributed by atoms with Crippen LogP contribution >= 0.6 is 0 Å². The zero-order valence-electron chi connectivity index (χ0n) is 16.7. The molecule has 146 valence electrons. The van der Waals surface area contributed by atoms with E-state index < -0.39 is 0 Å². The third-order valence-corrected chi connectivity index (χ3v) is 7.28. The molecule has 3 heteroatoms. The average Bonchev–Trinajstić information content (AvgIpc) is 2.68. The number of methoxy groups -OCH3 is 1. The molecule has 28 heavy (non-hydrogen) atoms. The van der Waals surface area contributed by atoms with Gasteiger partial charge in [-0.1, -0.05) is 17.7 Å². The molecule has 4 aliphatic rings. The van der Waals surface area contributed by atoms with E-state index in [2.05, 4.69) is 6.07 Å². The lowest BCUT2D eigenvalue weighted by Crippen LogP contribution is -2.48. The minimum absolute atomic E-state index is 0.181.